The Morgan fingerprint density at radius 1 is 1.05 bits per heavy atom. The van der Waals surface area contributed by atoms with Crippen LogP contribution in [0.1, 0.15) is 61.6 Å². The predicted molar refractivity (Wildman–Crippen MR) is 82.7 cm³/mol. The minimum Gasteiger partial charge on any atom is -0.329 e. The number of benzene rings is 1. The van der Waals surface area contributed by atoms with Gasteiger partial charge < -0.3 is 5.73 Å². The smallest absolute Gasteiger partial charge is 0.0476 e. The lowest BCUT2D eigenvalue weighted by Crippen LogP contribution is -2.37. The molecular formula is C18H26N2. The fourth-order valence-electron chi connectivity index (χ4n) is 3.56. The molecule has 0 radical (unpaired) electrons. The average molecular weight is 270 g/mol. The summed E-state index contributed by atoms with van der Waals surface area (Å²) >= 11 is 0. The van der Waals surface area contributed by atoms with Gasteiger partial charge in [-0.2, -0.15) is 0 Å². The zero-order valence-corrected chi connectivity index (χ0v) is 12.3. The molecule has 1 unspecified atom stereocenters. The summed E-state index contributed by atoms with van der Waals surface area (Å²) in [5.74, 6) is 1.78. The maximum absolute atomic E-state index is 6.22. The number of rotatable bonds is 7. The first-order chi connectivity index (χ1) is 9.86. The molecule has 1 aromatic carbocycles. The summed E-state index contributed by atoms with van der Waals surface area (Å²) in [6, 6.07) is 10.4. The van der Waals surface area contributed by atoms with Gasteiger partial charge >= 0.3 is 0 Å². The highest BCUT2D eigenvalue weighted by molar-refractivity contribution is 5.36. The molecule has 0 spiro atoms. The van der Waals surface area contributed by atoms with E-state index in [0.717, 1.165) is 24.4 Å². The zero-order valence-electron chi connectivity index (χ0n) is 12.3. The SMILES string of the molecule is NCC(c1ccccc1C1CC1)N(CC1CC1)C1CC1. The minimum atomic E-state index is 0.458. The Morgan fingerprint density at radius 3 is 2.40 bits per heavy atom. The van der Waals surface area contributed by atoms with Crippen LogP contribution in [0, 0.1) is 5.92 Å². The molecule has 3 saturated carbocycles. The van der Waals surface area contributed by atoms with Crippen LogP contribution in [0.3, 0.4) is 0 Å². The number of hydrogen-bond acceptors (Lipinski definition) is 2. The lowest BCUT2D eigenvalue weighted by molar-refractivity contribution is 0.182. The van der Waals surface area contributed by atoms with Crippen molar-refractivity contribution in [2.75, 3.05) is 13.1 Å². The highest BCUT2D eigenvalue weighted by Crippen LogP contribution is 2.45. The van der Waals surface area contributed by atoms with Crippen LogP contribution in [0.5, 0.6) is 0 Å². The van der Waals surface area contributed by atoms with Gasteiger partial charge in [-0.25, -0.2) is 0 Å². The van der Waals surface area contributed by atoms with Crippen LogP contribution in [0.4, 0.5) is 0 Å². The van der Waals surface area contributed by atoms with Crippen molar-refractivity contribution < 1.29 is 0 Å². The third-order valence-corrected chi connectivity index (χ3v) is 5.18. The third kappa shape index (κ3) is 2.64. The van der Waals surface area contributed by atoms with Crippen molar-refractivity contribution in [1.29, 1.82) is 0 Å². The van der Waals surface area contributed by atoms with Crippen LogP contribution < -0.4 is 5.73 Å². The van der Waals surface area contributed by atoms with Gasteiger partial charge in [0.2, 0.25) is 0 Å². The Balaban J connectivity index is 1.61. The molecule has 0 aliphatic heterocycles. The molecule has 2 nitrogen and oxygen atoms in total. The quantitative estimate of drug-likeness (QED) is 0.822. The van der Waals surface area contributed by atoms with E-state index in [1.165, 1.54) is 50.6 Å². The minimum absolute atomic E-state index is 0.458. The Hall–Kier alpha value is -0.860. The lowest BCUT2D eigenvalue weighted by Gasteiger charge is -2.33. The van der Waals surface area contributed by atoms with E-state index >= 15 is 0 Å². The second-order valence-corrected chi connectivity index (χ2v) is 7.03. The Morgan fingerprint density at radius 2 is 1.80 bits per heavy atom. The lowest BCUT2D eigenvalue weighted by atomic mass is 9.95. The summed E-state index contributed by atoms with van der Waals surface area (Å²) in [6.07, 6.45) is 8.39. The van der Waals surface area contributed by atoms with Crippen molar-refractivity contribution in [3.05, 3.63) is 35.4 Å². The van der Waals surface area contributed by atoms with Gasteiger partial charge in [0, 0.05) is 25.2 Å². The molecule has 0 heterocycles. The average Bonchev–Trinajstić information content (AvgIpc) is 3.31. The van der Waals surface area contributed by atoms with Gasteiger partial charge in [0.05, 0.1) is 0 Å². The van der Waals surface area contributed by atoms with Crippen molar-refractivity contribution in [3.8, 4) is 0 Å². The molecule has 3 fully saturated rings. The van der Waals surface area contributed by atoms with E-state index in [9.17, 15) is 0 Å². The van der Waals surface area contributed by atoms with E-state index in [0.29, 0.717) is 6.04 Å². The first-order valence-electron chi connectivity index (χ1n) is 8.41. The van der Waals surface area contributed by atoms with Crippen LogP contribution in [-0.2, 0) is 0 Å². The maximum atomic E-state index is 6.22. The Labute approximate surface area is 122 Å². The molecule has 20 heavy (non-hydrogen) atoms. The van der Waals surface area contributed by atoms with Crippen LogP contribution in [0.25, 0.3) is 0 Å². The topological polar surface area (TPSA) is 29.3 Å². The van der Waals surface area contributed by atoms with Crippen molar-refractivity contribution >= 4 is 0 Å². The summed E-state index contributed by atoms with van der Waals surface area (Å²) in [4.78, 5) is 2.75. The highest BCUT2D eigenvalue weighted by Gasteiger charge is 2.39. The predicted octanol–water partition coefficient (Wildman–Crippen LogP) is 3.44. The molecule has 0 aromatic heterocycles. The van der Waals surface area contributed by atoms with Gasteiger partial charge in [-0.3, -0.25) is 4.90 Å². The van der Waals surface area contributed by atoms with Crippen LogP contribution >= 0.6 is 0 Å². The number of nitrogens with zero attached hydrogens (tertiary/aromatic N) is 1. The number of hydrogen-bond donors (Lipinski definition) is 1. The third-order valence-electron chi connectivity index (χ3n) is 5.18. The molecule has 1 aromatic rings. The van der Waals surface area contributed by atoms with E-state index in [1.807, 2.05) is 0 Å². The van der Waals surface area contributed by atoms with Crippen LogP contribution in [0.2, 0.25) is 0 Å². The molecule has 108 valence electrons. The Kier molecular flexibility index (Phi) is 3.31. The van der Waals surface area contributed by atoms with Gasteiger partial charge in [-0.15, -0.1) is 0 Å². The van der Waals surface area contributed by atoms with Crippen molar-refractivity contribution in [1.82, 2.24) is 4.90 Å². The van der Waals surface area contributed by atoms with Gasteiger partial charge in [0.1, 0.15) is 0 Å². The molecular weight excluding hydrogens is 244 g/mol. The molecule has 0 saturated heterocycles. The van der Waals surface area contributed by atoms with Crippen molar-refractivity contribution in [2.45, 2.75) is 56.5 Å². The van der Waals surface area contributed by atoms with Crippen LogP contribution in [-0.4, -0.2) is 24.0 Å². The summed E-state index contributed by atoms with van der Waals surface area (Å²) in [5.41, 5.74) is 9.34. The van der Waals surface area contributed by atoms with Crippen molar-refractivity contribution in [3.63, 3.8) is 0 Å². The fourth-order valence-corrected chi connectivity index (χ4v) is 3.56. The largest absolute Gasteiger partial charge is 0.329 e. The molecule has 3 aliphatic rings. The number of nitrogens with two attached hydrogens (primary N) is 1. The molecule has 2 heteroatoms. The summed E-state index contributed by atoms with van der Waals surface area (Å²) in [6.45, 7) is 2.05. The van der Waals surface area contributed by atoms with Gasteiger partial charge in [-0.05, 0) is 61.5 Å². The second-order valence-electron chi connectivity index (χ2n) is 7.03. The highest BCUT2D eigenvalue weighted by atomic mass is 15.2. The van der Waals surface area contributed by atoms with E-state index in [2.05, 4.69) is 29.2 Å². The summed E-state index contributed by atoms with van der Waals surface area (Å²) < 4.78 is 0. The molecule has 0 bridgehead atoms. The normalized spacial score (nSPS) is 24.1. The van der Waals surface area contributed by atoms with Crippen LogP contribution in [0.15, 0.2) is 24.3 Å². The molecule has 1 atom stereocenters. The molecule has 2 N–H and O–H groups in total. The monoisotopic (exact) mass is 270 g/mol. The first-order valence-corrected chi connectivity index (χ1v) is 8.41. The fraction of sp³-hybridized carbons (Fsp3) is 0.667. The van der Waals surface area contributed by atoms with E-state index in [-0.39, 0.29) is 0 Å². The first kappa shape index (κ1) is 12.8. The van der Waals surface area contributed by atoms with E-state index in [1.54, 1.807) is 5.56 Å². The summed E-state index contributed by atoms with van der Waals surface area (Å²) in [5, 5.41) is 0. The Bertz CT molecular complexity index is 472. The molecule has 3 aliphatic carbocycles. The van der Waals surface area contributed by atoms with Gasteiger partial charge in [0.15, 0.2) is 0 Å². The van der Waals surface area contributed by atoms with E-state index < -0.39 is 0 Å². The van der Waals surface area contributed by atoms with Gasteiger partial charge in [-0.1, -0.05) is 24.3 Å². The van der Waals surface area contributed by atoms with Gasteiger partial charge in [0.25, 0.3) is 0 Å². The molecule has 0 amide bonds. The van der Waals surface area contributed by atoms with E-state index in [4.69, 9.17) is 5.73 Å². The maximum Gasteiger partial charge on any atom is 0.0476 e. The second kappa shape index (κ2) is 5.16. The summed E-state index contributed by atoms with van der Waals surface area (Å²) in [7, 11) is 0. The molecule has 4 rings (SSSR count). The van der Waals surface area contributed by atoms with Crippen molar-refractivity contribution in [2.24, 2.45) is 11.7 Å². The zero-order chi connectivity index (χ0) is 13.5. The standard InChI is InChI=1S/C18H26N2/c19-11-18(20(15-9-10-15)12-13-5-6-13)17-4-2-1-3-16(17)14-7-8-14/h1-4,13-15,18H,5-12,19H2.